The van der Waals surface area contributed by atoms with Gasteiger partial charge in [-0.1, -0.05) is 6.07 Å². The van der Waals surface area contributed by atoms with Crippen LogP contribution in [-0.2, 0) is 4.79 Å². The number of carbonyl (C=O) groups is 1. The Labute approximate surface area is 98.9 Å². The Morgan fingerprint density at radius 1 is 1.24 bits per heavy atom. The van der Waals surface area contributed by atoms with Crippen LogP contribution in [0.5, 0.6) is 0 Å². The van der Waals surface area contributed by atoms with Gasteiger partial charge in [0.15, 0.2) is 0 Å². The number of nitrogens with zero attached hydrogens (tertiary/aromatic N) is 2. The molecule has 2 aromatic rings. The van der Waals surface area contributed by atoms with Crippen molar-refractivity contribution in [2.45, 2.75) is 6.92 Å². The highest BCUT2D eigenvalue weighted by Crippen LogP contribution is 2.18. The highest BCUT2D eigenvalue weighted by Gasteiger charge is 1.98. The summed E-state index contributed by atoms with van der Waals surface area (Å²) in [5, 5.41) is 5.81. The predicted molar refractivity (Wildman–Crippen MR) is 66.1 cm³/mol. The van der Waals surface area contributed by atoms with Crippen LogP contribution in [0.4, 0.5) is 17.2 Å². The molecule has 0 aliphatic rings. The fraction of sp³-hybridized carbons (Fsp3) is 0.0833. The molecule has 0 aliphatic carbocycles. The summed E-state index contributed by atoms with van der Waals surface area (Å²) >= 11 is 0. The van der Waals surface area contributed by atoms with Gasteiger partial charge in [0.1, 0.15) is 5.82 Å². The van der Waals surface area contributed by atoms with Crippen LogP contribution < -0.4 is 10.6 Å². The van der Waals surface area contributed by atoms with Crippen LogP contribution in [0.3, 0.4) is 0 Å². The molecular formula is C12H12N4O. The van der Waals surface area contributed by atoms with Crippen molar-refractivity contribution in [1.82, 2.24) is 9.97 Å². The van der Waals surface area contributed by atoms with E-state index in [-0.39, 0.29) is 5.91 Å². The van der Waals surface area contributed by atoms with Gasteiger partial charge in [0.25, 0.3) is 0 Å². The van der Waals surface area contributed by atoms with Crippen molar-refractivity contribution in [2.24, 2.45) is 0 Å². The van der Waals surface area contributed by atoms with Crippen molar-refractivity contribution in [3.05, 3.63) is 42.9 Å². The summed E-state index contributed by atoms with van der Waals surface area (Å²) < 4.78 is 0. The Kier molecular flexibility index (Phi) is 3.30. The highest BCUT2D eigenvalue weighted by atomic mass is 16.1. The summed E-state index contributed by atoms with van der Waals surface area (Å²) in [6, 6.07) is 7.39. The molecule has 1 amide bonds. The largest absolute Gasteiger partial charge is 0.339 e. The van der Waals surface area contributed by atoms with Crippen LogP contribution in [0.25, 0.3) is 0 Å². The second-order valence-corrected chi connectivity index (χ2v) is 3.48. The number of nitrogens with one attached hydrogen (secondary N) is 2. The maximum absolute atomic E-state index is 10.9. The smallest absolute Gasteiger partial charge is 0.221 e. The summed E-state index contributed by atoms with van der Waals surface area (Å²) in [5.74, 6) is 0.564. The van der Waals surface area contributed by atoms with E-state index in [1.54, 1.807) is 18.6 Å². The molecule has 0 unspecified atom stereocenters. The molecule has 0 spiro atoms. The van der Waals surface area contributed by atoms with Crippen molar-refractivity contribution in [3.8, 4) is 0 Å². The minimum atomic E-state index is -0.0957. The zero-order valence-electron chi connectivity index (χ0n) is 9.34. The fourth-order valence-corrected chi connectivity index (χ4v) is 1.39. The van der Waals surface area contributed by atoms with E-state index in [0.29, 0.717) is 5.82 Å². The summed E-state index contributed by atoms with van der Waals surface area (Å²) in [6.07, 6.45) is 4.85. The van der Waals surface area contributed by atoms with Crippen molar-refractivity contribution < 1.29 is 4.79 Å². The average molecular weight is 228 g/mol. The number of benzene rings is 1. The first-order chi connectivity index (χ1) is 8.24. The van der Waals surface area contributed by atoms with Crippen LogP contribution in [0, 0.1) is 0 Å². The second-order valence-electron chi connectivity index (χ2n) is 3.48. The topological polar surface area (TPSA) is 66.9 Å². The number of anilines is 3. The number of aromatic nitrogens is 2. The zero-order valence-corrected chi connectivity index (χ0v) is 9.34. The van der Waals surface area contributed by atoms with Gasteiger partial charge in [-0.2, -0.15) is 0 Å². The first kappa shape index (κ1) is 11.1. The average Bonchev–Trinajstić information content (AvgIpc) is 2.30. The van der Waals surface area contributed by atoms with Gasteiger partial charge in [-0.3, -0.25) is 9.78 Å². The first-order valence-electron chi connectivity index (χ1n) is 5.15. The molecular weight excluding hydrogens is 216 g/mol. The molecule has 1 heterocycles. The minimum Gasteiger partial charge on any atom is -0.339 e. The van der Waals surface area contributed by atoms with E-state index in [0.717, 1.165) is 11.4 Å². The number of amides is 1. The molecule has 0 aliphatic heterocycles. The van der Waals surface area contributed by atoms with Crippen molar-refractivity contribution in [1.29, 1.82) is 0 Å². The summed E-state index contributed by atoms with van der Waals surface area (Å²) in [7, 11) is 0. The molecule has 2 N–H and O–H groups in total. The lowest BCUT2D eigenvalue weighted by Gasteiger charge is -2.07. The SMILES string of the molecule is CC(=O)Nc1cccc(Nc2cnccn2)c1. The van der Waals surface area contributed by atoms with Gasteiger partial charge in [0.05, 0.1) is 6.20 Å². The molecule has 86 valence electrons. The van der Waals surface area contributed by atoms with E-state index < -0.39 is 0 Å². The van der Waals surface area contributed by atoms with Gasteiger partial charge in [0.2, 0.25) is 5.91 Å². The van der Waals surface area contributed by atoms with Gasteiger partial charge in [-0.15, -0.1) is 0 Å². The number of carbonyl (C=O) groups excluding carboxylic acids is 1. The van der Waals surface area contributed by atoms with Gasteiger partial charge in [-0.05, 0) is 18.2 Å². The molecule has 1 aromatic carbocycles. The third-order valence-corrected chi connectivity index (χ3v) is 2.02. The van der Waals surface area contributed by atoms with E-state index in [2.05, 4.69) is 20.6 Å². The number of hydrogen-bond donors (Lipinski definition) is 2. The normalized spacial score (nSPS) is 9.71. The first-order valence-corrected chi connectivity index (χ1v) is 5.15. The molecule has 5 nitrogen and oxygen atoms in total. The lowest BCUT2D eigenvalue weighted by molar-refractivity contribution is -0.114. The lowest BCUT2D eigenvalue weighted by Crippen LogP contribution is -2.05. The van der Waals surface area contributed by atoms with Gasteiger partial charge in [0, 0.05) is 30.7 Å². The highest BCUT2D eigenvalue weighted by molar-refractivity contribution is 5.89. The predicted octanol–water partition coefficient (Wildman–Crippen LogP) is 2.18. The zero-order chi connectivity index (χ0) is 12.1. The Bertz CT molecular complexity index is 513. The molecule has 5 heteroatoms. The molecule has 2 rings (SSSR count). The molecule has 0 saturated heterocycles. The third-order valence-electron chi connectivity index (χ3n) is 2.02. The van der Waals surface area contributed by atoms with Crippen LogP contribution in [-0.4, -0.2) is 15.9 Å². The molecule has 0 radical (unpaired) electrons. The summed E-state index contributed by atoms with van der Waals surface area (Å²) in [4.78, 5) is 19.0. The molecule has 0 bridgehead atoms. The molecule has 0 saturated carbocycles. The fourth-order valence-electron chi connectivity index (χ4n) is 1.39. The van der Waals surface area contributed by atoms with Crippen molar-refractivity contribution in [3.63, 3.8) is 0 Å². The third kappa shape index (κ3) is 3.27. The minimum absolute atomic E-state index is 0.0957. The molecule has 17 heavy (non-hydrogen) atoms. The van der Waals surface area contributed by atoms with Gasteiger partial charge < -0.3 is 10.6 Å². The second kappa shape index (κ2) is 5.07. The van der Waals surface area contributed by atoms with Crippen LogP contribution in [0.2, 0.25) is 0 Å². The molecule has 1 aromatic heterocycles. The Balaban J connectivity index is 2.14. The van der Waals surface area contributed by atoms with Crippen LogP contribution >= 0.6 is 0 Å². The number of hydrogen-bond acceptors (Lipinski definition) is 4. The summed E-state index contributed by atoms with van der Waals surface area (Å²) in [5.41, 5.74) is 1.59. The maximum atomic E-state index is 10.9. The lowest BCUT2D eigenvalue weighted by atomic mass is 10.2. The standard InChI is InChI=1S/C12H12N4O/c1-9(17)15-10-3-2-4-11(7-10)16-12-8-13-5-6-14-12/h2-8H,1H3,(H,14,16)(H,15,17). The quantitative estimate of drug-likeness (QED) is 0.845. The van der Waals surface area contributed by atoms with E-state index in [9.17, 15) is 4.79 Å². The van der Waals surface area contributed by atoms with E-state index >= 15 is 0 Å². The summed E-state index contributed by atoms with van der Waals surface area (Å²) in [6.45, 7) is 1.47. The molecule has 0 atom stereocenters. The van der Waals surface area contributed by atoms with E-state index in [1.807, 2.05) is 24.3 Å². The van der Waals surface area contributed by atoms with E-state index in [4.69, 9.17) is 0 Å². The Morgan fingerprint density at radius 2 is 2.06 bits per heavy atom. The van der Waals surface area contributed by atoms with Crippen LogP contribution in [0.1, 0.15) is 6.92 Å². The maximum Gasteiger partial charge on any atom is 0.221 e. The van der Waals surface area contributed by atoms with Gasteiger partial charge >= 0.3 is 0 Å². The van der Waals surface area contributed by atoms with Crippen LogP contribution in [0.15, 0.2) is 42.9 Å². The Morgan fingerprint density at radius 3 is 2.76 bits per heavy atom. The monoisotopic (exact) mass is 228 g/mol. The Hall–Kier alpha value is -2.43. The number of rotatable bonds is 3. The van der Waals surface area contributed by atoms with Crippen molar-refractivity contribution >= 4 is 23.1 Å². The van der Waals surface area contributed by atoms with E-state index in [1.165, 1.54) is 6.92 Å². The molecule has 0 fully saturated rings. The van der Waals surface area contributed by atoms with Crippen molar-refractivity contribution in [2.75, 3.05) is 10.6 Å². The van der Waals surface area contributed by atoms with Gasteiger partial charge in [-0.25, -0.2) is 4.98 Å².